The van der Waals surface area contributed by atoms with Gasteiger partial charge in [-0.05, 0) is 32.4 Å². The fraction of sp³-hybridized carbons (Fsp3) is 0.412. The highest BCUT2D eigenvalue weighted by Crippen LogP contribution is 2.16. The molecule has 0 radical (unpaired) electrons. The number of carbonyl (C=O) groups is 1. The Labute approximate surface area is 135 Å². The molecule has 0 spiro atoms. The number of ether oxygens (including phenoxy) is 1. The summed E-state index contributed by atoms with van der Waals surface area (Å²) in [6.07, 6.45) is 1.25. The van der Waals surface area contributed by atoms with Gasteiger partial charge in [-0.2, -0.15) is 0 Å². The molecule has 0 saturated carbocycles. The third-order valence-corrected chi connectivity index (χ3v) is 4.22. The molecule has 1 aromatic carbocycles. The van der Waals surface area contributed by atoms with Crippen LogP contribution in [0.1, 0.15) is 36.5 Å². The first kappa shape index (κ1) is 16.5. The third-order valence-electron chi connectivity index (χ3n) is 3.34. The number of amides is 1. The average molecular weight is 318 g/mol. The van der Waals surface area contributed by atoms with E-state index in [1.165, 1.54) is 16.9 Å². The van der Waals surface area contributed by atoms with Gasteiger partial charge in [0.15, 0.2) is 0 Å². The van der Waals surface area contributed by atoms with Gasteiger partial charge < -0.3 is 10.1 Å². The number of rotatable bonds is 7. The molecule has 0 aliphatic carbocycles. The lowest BCUT2D eigenvalue weighted by molar-refractivity contribution is -0.121. The Hall–Kier alpha value is -1.88. The average Bonchev–Trinajstić information content (AvgIpc) is 2.93. The fourth-order valence-electron chi connectivity index (χ4n) is 1.87. The molecule has 0 saturated heterocycles. The van der Waals surface area contributed by atoms with E-state index in [-0.39, 0.29) is 11.9 Å². The van der Waals surface area contributed by atoms with Crippen LogP contribution in [0.3, 0.4) is 0 Å². The van der Waals surface area contributed by atoms with Crippen molar-refractivity contribution in [3.8, 4) is 5.75 Å². The molecule has 1 atom stereocenters. The minimum Gasteiger partial charge on any atom is -0.486 e. The van der Waals surface area contributed by atoms with E-state index in [0.29, 0.717) is 13.0 Å². The van der Waals surface area contributed by atoms with E-state index >= 15 is 0 Å². The van der Waals surface area contributed by atoms with E-state index in [1.807, 2.05) is 50.4 Å². The van der Waals surface area contributed by atoms with Crippen LogP contribution < -0.4 is 10.1 Å². The maximum atomic E-state index is 11.8. The van der Waals surface area contributed by atoms with Crippen LogP contribution in [-0.2, 0) is 17.8 Å². The molecule has 0 unspecified atom stereocenters. The Morgan fingerprint density at radius 2 is 2.09 bits per heavy atom. The first-order valence-corrected chi connectivity index (χ1v) is 8.37. The van der Waals surface area contributed by atoms with Crippen LogP contribution >= 0.6 is 11.3 Å². The zero-order chi connectivity index (χ0) is 15.9. The largest absolute Gasteiger partial charge is 0.486 e. The predicted molar refractivity (Wildman–Crippen MR) is 89.2 cm³/mol. The van der Waals surface area contributed by atoms with Gasteiger partial charge in [0, 0.05) is 11.4 Å². The molecular formula is C17H22N2O2S. The maximum Gasteiger partial charge on any atom is 0.226 e. The lowest BCUT2D eigenvalue weighted by atomic mass is 10.2. The Morgan fingerprint density at radius 1 is 1.36 bits per heavy atom. The van der Waals surface area contributed by atoms with Crippen LogP contribution in [-0.4, -0.2) is 16.9 Å². The number of aromatic nitrogens is 1. The standard InChI is InChI=1S/C17H22N2O2S/c1-4-13(3)18-16(20)9-14-11-22-17(19-14)10-21-15-7-5-12(2)6-8-15/h5-8,11,13H,4,9-10H2,1-3H3,(H,18,20)/t13-/m1/s1. The number of aryl methyl sites for hydroxylation is 1. The molecule has 2 aromatic rings. The van der Waals surface area contributed by atoms with Crippen molar-refractivity contribution in [3.63, 3.8) is 0 Å². The summed E-state index contributed by atoms with van der Waals surface area (Å²) in [7, 11) is 0. The van der Waals surface area contributed by atoms with Crippen LogP contribution in [0, 0.1) is 6.92 Å². The maximum absolute atomic E-state index is 11.8. The van der Waals surface area contributed by atoms with Gasteiger partial charge in [0.05, 0.1) is 12.1 Å². The number of nitrogens with one attached hydrogen (secondary N) is 1. The van der Waals surface area contributed by atoms with Gasteiger partial charge >= 0.3 is 0 Å². The Morgan fingerprint density at radius 3 is 2.77 bits per heavy atom. The van der Waals surface area contributed by atoms with Crippen LogP contribution in [0.4, 0.5) is 0 Å². The molecule has 0 aliphatic rings. The van der Waals surface area contributed by atoms with Crippen molar-refractivity contribution in [2.24, 2.45) is 0 Å². The Bertz CT molecular complexity index is 607. The molecule has 0 aliphatic heterocycles. The second-order valence-corrected chi connectivity index (χ2v) is 6.33. The number of benzene rings is 1. The van der Waals surface area contributed by atoms with Crippen molar-refractivity contribution < 1.29 is 9.53 Å². The first-order valence-electron chi connectivity index (χ1n) is 7.49. The molecule has 5 heteroatoms. The van der Waals surface area contributed by atoms with Crippen LogP contribution in [0.25, 0.3) is 0 Å². The second-order valence-electron chi connectivity index (χ2n) is 5.39. The number of hydrogen-bond donors (Lipinski definition) is 1. The summed E-state index contributed by atoms with van der Waals surface area (Å²) in [4.78, 5) is 16.3. The highest BCUT2D eigenvalue weighted by atomic mass is 32.1. The molecule has 1 N–H and O–H groups in total. The fourth-order valence-corrected chi connectivity index (χ4v) is 2.57. The second kappa shape index (κ2) is 7.94. The zero-order valence-electron chi connectivity index (χ0n) is 13.3. The van der Waals surface area contributed by atoms with Crippen LogP contribution in [0.2, 0.25) is 0 Å². The molecule has 0 bridgehead atoms. The van der Waals surface area contributed by atoms with Gasteiger partial charge in [-0.3, -0.25) is 4.79 Å². The van der Waals surface area contributed by atoms with Gasteiger partial charge in [-0.15, -0.1) is 11.3 Å². The van der Waals surface area contributed by atoms with Crippen molar-refractivity contribution in [1.29, 1.82) is 0 Å². The smallest absolute Gasteiger partial charge is 0.226 e. The highest BCUT2D eigenvalue weighted by molar-refractivity contribution is 7.09. The molecule has 0 fully saturated rings. The Kier molecular flexibility index (Phi) is 5.95. The summed E-state index contributed by atoms with van der Waals surface area (Å²) >= 11 is 1.52. The monoisotopic (exact) mass is 318 g/mol. The molecule has 22 heavy (non-hydrogen) atoms. The topological polar surface area (TPSA) is 51.2 Å². The number of carbonyl (C=O) groups excluding carboxylic acids is 1. The van der Waals surface area contributed by atoms with Crippen molar-refractivity contribution in [1.82, 2.24) is 10.3 Å². The van der Waals surface area contributed by atoms with Crippen molar-refractivity contribution >= 4 is 17.2 Å². The molecule has 1 aromatic heterocycles. The summed E-state index contributed by atoms with van der Waals surface area (Å²) in [5.41, 5.74) is 2.00. The quantitative estimate of drug-likeness (QED) is 0.850. The van der Waals surface area contributed by atoms with E-state index in [9.17, 15) is 4.79 Å². The predicted octanol–water partition coefficient (Wildman–Crippen LogP) is 3.49. The molecular weight excluding hydrogens is 296 g/mol. The summed E-state index contributed by atoms with van der Waals surface area (Å²) in [5.74, 6) is 0.850. The van der Waals surface area contributed by atoms with Gasteiger partial charge in [0.25, 0.3) is 0 Å². The summed E-state index contributed by atoms with van der Waals surface area (Å²) in [6, 6.07) is 8.13. The minimum atomic E-state index is 0.0191. The molecule has 1 heterocycles. The SMILES string of the molecule is CC[C@@H](C)NC(=O)Cc1csc(COc2ccc(C)cc2)n1. The molecule has 2 rings (SSSR count). The van der Waals surface area contributed by atoms with Gasteiger partial charge in [0.1, 0.15) is 17.4 Å². The highest BCUT2D eigenvalue weighted by Gasteiger charge is 2.10. The van der Waals surface area contributed by atoms with E-state index < -0.39 is 0 Å². The summed E-state index contributed by atoms with van der Waals surface area (Å²) in [6.45, 7) is 6.52. The van der Waals surface area contributed by atoms with Gasteiger partial charge in [0.2, 0.25) is 5.91 Å². The van der Waals surface area contributed by atoms with Gasteiger partial charge in [-0.25, -0.2) is 4.98 Å². The third kappa shape index (κ3) is 5.15. The summed E-state index contributed by atoms with van der Waals surface area (Å²) in [5, 5.41) is 5.75. The van der Waals surface area contributed by atoms with E-state index in [0.717, 1.165) is 22.9 Å². The van der Waals surface area contributed by atoms with Crippen molar-refractivity contribution in [3.05, 3.63) is 45.9 Å². The van der Waals surface area contributed by atoms with Crippen molar-refractivity contribution in [2.75, 3.05) is 0 Å². The molecule has 4 nitrogen and oxygen atoms in total. The van der Waals surface area contributed by atoms with Gasteiger partial charge in [-0.1, -0.05) is 24.6 Å². The van der Waals surface area contributed by atoms with E-state index in [1.54, 1.807) is 0 Å². The lowest BCUT2D eigenvalue weighted by Gasteiger charge is -2.10. The first-order chi connectivity index (χ1) is 10.6. The van der Waals surface area contributed by atoms with E-state index in [2.05, 4.69) is 10.3 Å². The number of hydrogen-bond acceptors (Lipinski definition) is 4. The zero-order valence-corrected chi connectivity index (χ0v) is 14.1. The molecule has 118 valence electrons. The molecule has 1 amide bonds. The Balaban J connectivity index is 1.83. The van der Waals surface area contributed by atoms with Crippen molar-refractivity contribution in [2.45, 2.75) is 46.3 Å². The number of thiazole rings is 1. The van der Waals surface area contributed by atoms with Crippen LogP contribution in [0.15, 0.2) is 29.6 Å². The van der Waals surface area contributed by atoms with Crippen LogP contribution in [0.5, 0.6) is 5.75 Å². The van der Waals surface area contributed by atoms with E-state index in [4.69, 9.17) is 4.74 Å². The number of nitrogens with zero attached hydrogens (tertiary/aromatic N) is 1. The minimum absolute atomic E-state index is 0.0191. The lowest BCUT2D eigenvalue weighted by Crippen LogP contribution is -2.33. The summed E-state index contributed by atoms with van der Waals surface area (Å²) < 4.78 is 5.69. The normalized spacial score (nSPS) is 12.0.